The lowest BCUT2D eigenvalue weighted by atomic mass is 9.53. The van der Waals surface area contributed by atoms with Gasteiger partial charge in [-0.1, -0.05) is 31.0 Å². The first kappa shape index (κ1) is 15.6. The first-order valence-electron chi connectivity index (χ1n) is 9.13. The molecule has 3 heteroatoms. The number of nitrogens with one attached hydrogen (secondary N) is 1. The molecule has 2 saturated carbocycles. The van der Waals surface area contributed by atoms with Crippen LogP contribution in [0.1, 0.15) is 42.7 Å². The number of benzene rings is 1. The van der Waals surface area contributed by atoms with Crippen molar-refractivity contribution in [3.8, 4) is 5.75 Å². The van der Waals surface area contributed by atoms with Gasteiger partial charge in [0.05, 0.1) is 7.11 Å². The lowest BCUT2D eigenvalue weighted by Gasteiger charge is -2.55. The van der Waals surface area contributed by atoms with E-state index < -0.39 is 0 Å². The molecule has 2 aromatic rings. The third kappa shape index (κ3) is 2.93. The Morgan fingerprint density at radius 3 is 2.58 bits per heavy atom. The van der Waals surface area contributed by atoms with E-state index in [4.69, 9.17) is 4.74 Å². The topological polar surface area (TPSA) is 34.1 Å². The lowest BCUT2D eigenvalue weighted by Crippen LogP contribution is -2.57. The zero-order chi connectivity index (χ0) is 16.4. The van der Waals surface area contributed by atoms with Crippen molar-refractivity contribution >= 4 is 0 Å². The Bertz CT molecular complexity index is 655. The number of ether oxygens (including phenoxy) is 1. The van der Waals surface area contributed by atoms with Crippen LogP contribution in [0.3, 0.4) is 0 Å². The molecule has 0 aliphatic heterocycles. The van der Waals surface area contributed by atoms with Gasteiger partial charge in [0, 0.05) is 30.9 Å². The summed E-state index contributed by atoms with van der Waals surface area (Å²) in [7, 11) is 1.73. The molecule has 1 heterocycles. The van der Waals surface area contributed by atoms with Crippen LogP contribution in [0.2, 0.25) is 0 Å². The van der Waals surface area contributed by atoms with E-state index in [0.717, 1.165) is 24.1 Å². The fourth-order valence-corrected chi connectivity index (χ4v) is 4.76. The molecule has 0 unspecified atom stereocenters. The Balaban J connectivity index is 1.50. The molecule has 126 valence electrons. The van der Waals surface area contributed by atoms with Crippen molar-refractivity contribution in [3.05, 3.63) is 59.9 Å². The SMILES string of the molecule is COc1ccc([C@H]2[C@@H]3CCCC[C@@H]3[C@@H]2NCc2cccnc2)cc1. The fourth-order valence-electron chi connectivity index (χ4n) is 4.76. The first-order chi connectivity index (χ1) is 11.9. The zero-order valence-corrected chi connectivity index (χ0v) is 14.3. The van der Waals surface area contributed by atoms with E-state index in [-0.39, 0.29) is 0 Å². The minimum Gasteiger partial charge on any atom is -0.497 e. The molecule has 3 nitrogen and oxygen atoms in total. The van der Waals surface area contributed by atoms with Crippen LogP contribution in [0.25, 0.3) is 0 Å². The Kier molecular flexibility index (Phi) is 4.52. The van der Waals surface area contributed by atoms with Crippen molar-refractivity contribution in [3.63, 3.8) is 0 Å². The van der Waals surface area contributed by atoms with Crippen LogP contribution in [-0.2, 0) is 6.54 Å². The van der Waals surface area contributed by atoms with Crippen LogP contribution in [-0.4, -0.2) is 18.1 Å². The molecule has 0 saturated heterocycles. The molecule has 0 radical (unpaired) electrons. The number of aromatic nitrogens is 1. The maximum Gasteiger partial charge on any atom is 0.118 e. The van der Waals surface area contributed by atoms with Gasteiger partial charge in [-0.15, -0.1) is 0 Å². The average molecular weight is 322 g/mol. The highest BCUT2D eigenvalue weighted by molar-refractivity contribution is 5.33. The first-order valence-corrected chi connectivity index (χ1v) is 9.13. The molecule has 2 aliphatic rings. The number of pyridine rings is 1. The zero-order valence-electron chi connectivity index (χ0n) is 14.3. The van der Waals surface area contributed by atoms with Gasteiger partial charge in [0.25, 0.3) is 0 Å². The summed E-state index contributed by atoms with van der Waals surface area (Å²) in [5, 5.41) is 3.84. The summed E-state index contributed by atoms with van der Waals surface area (Å²) in [5.41, 5.74) is 2.73. The predicted molar refractivity (Wildman–Crippen MR) is 96.0 cm³/mol. The summed E-state index contributed by atoms with van der Waals surface area (Å²) in [4.78, 5) is 4.23. The minimum atomic E-state index is 0.587. The number of hydrogen-bond acceptors (Lipinski definition) is 3. The van der Waals surface area contributed by atoms with Crippen molar-refractivity contribution in [2.45, 2.75) is 44.2 Å². The molecule has 2 fully saturated rings. The fraction of sp³-hybridized carbons (Fsp3) is 0.476. The Morgan fingerprint density at radius 2 is 1.88 bits per heavy atom. The number of nitrogens with zero attached hydrogens (tertiary/aromatic N) is 1. The Morgan fingerprint density at radius 1 is 1.08 bits per heavy atom. The van der Waals surface area contributed by atoms with Crippen LogP contribution in [0.15, 0.2) is 48.8 Å². The monoisotopic (exact) mass is 322 g/mol. The molecule has 24 heavy (non-hydrogen) atoms. The van der Waals surface area contributed by atoms with E-state index in [1.807, 2.05) is 18.5 Å². The molecule has 0 amide bonds. The van der Waals surface area contributed by atoms with Gasteiger partial charge in [-0.25, -0.2) is 0 Å². The van der Waals surface area contributed by atoms with E-state index in [2.05, 4.69) is 40.6 Å². The highest BCUT2D eigenvalue weighted by atomic mass is 16.5. The summed E-state index contributed by atoms with van der Waals surface area (Å²) in [6, 6.07) is 13.5. The van der Waals surface area contributed by atoms with Gasteiger partial charge in [-0.05, 0) is 54.0 Å². The molecule has 0 bridgehead atoms. The van der Waals surface area contributed by atoms with Gasteiger partial charge in [0.15, 0.2) is 0 Å². The maximum atomic E-state index is 5.32. The summed E-state index contributed by atoms with van der Waals surface area (Å²) >= 11 is 0. The summed E-state index contributed by atoms with van der Waals surface area (Å²) in [5.74, 6) is 3.26. The molecule has 1 aromatic heterocycles. The van der Waals surface area contributed by atoms with Crippen LogP contribution in [0.5, 0.6) is 5.75 Å². The lowest BCUT2D eigenvalue weighted by molar-refractivity contribution is 0.0254. The number of rotatable bonds is 5. The van der Waals surface area contributed by atoms with Gasteiger partial charge in [0.1, 0.15) is 5.75 Å². The second kappa shape index (κ2) is 6.94. The Labute approximate surface area is 144 Å². The number of methoxy groups -OCH3 is 1. The van der Waals surface area contributed by atoms with E-state index >= 15 is 0 Å². The van der Waals surface area contributed by atoms with Gasteiger partial charge in [-0.3, -0.25) is 4.98 Å². The van der Waals surface area contributed by atoms with Gasteiger partial charge >= 0.3 is 0 Å². The summed E-state index contributed by atoms with van der Waals surface area (Å²) in [6.45, 7) is 0.911. The normalized spacial score (nSPS) is 28.7. The molecular weight excluding hydrogens is 296 g/mol. The average Bonchev–Trinajstić information content (AvgIpc) is 2.64. The van der Waals surface area contributed by atoms with E-state index in [1.165, 1.54) is 36.8 Å². The van der Waals surface area contributed by atoms with Crippen molar-refractivity contribution < 1.29 is 4.74 Å². The Hall–Kier alpha value is -1.87. The smallest absolute Gasteiger partial charge is 0.118 e. The van der Waals surface area contributed by atoms with Crippen LogP contribution in [0.4, 0.5) is 0 Å². The van der Waals surface area contributed by atoms with Gasteiger partial charge in [0.2, 0.25) is 0 Å². The highest BCUT2D eigenvalue weighted by Crippen LogP contribution is 2.54. The maximum absolute atomic E-state index is 5.32. The third-order valence-electron chi connectivity index (χ3n) is 5.95. The third-order valence-corrected chi connectivity index (χ3v) is 5.95. The van der Waals surface area contributed by atoms with E-state index in [0.29, 0.717) is 12.0 Å². The van der Waals surface area contributed by atoms with Gasteiger partial charge in [-0.2, -0.15) is 0 Å². The largest absolute Gasteiger partial charge is 0.497 e. The van der Waals surface area contributed by atoms with Crippen LogP contribution in [0, 0.1) is 11.8 Å². The predicted octanol–water partition coefficient (Wildman–Crippen LogP) is 4.15. The van der Waals surface area contributed by atoms with Crippen molar-refractivity contribution in [2.24, 2.45) is 11.8 Å². The second-order valence-corrected chi connectivity index (χ2v) is 7.18. The van der Waals surface area contributed by atoms with Gasteiger partial charge < -0.3 is 10.1 Å². The van der Waals surface area contributed by atoms with Crippen molar-refractivity contribution in [2.75, 3.05) is 7.11 Å². The van der Waals surface area contributed by atoms with Crippen LogP contribution < -0.4 is 10.1 Å². The summed E-state index contributed by atoms with van der Waals surface area (Å²) < 4.78 is 5.32. The van der Waals surface area contributed by atoms with E-state index in [9.17, 15) is 0 Å². The van der Waals surface area contributed by atoms with Crippen molar-refractivity contribution in [1.29, 1.82) is 0 Å². The molecule has 4 atom stereocenters. The summed E-state index contributed by atoms with van der Waals surface area (Å²) in [6.07, 6.45) is 9.34. The standard InChI is InChI=1S/C21H26N2O/c1-24-17-10-8-16(9-11-17)20-18-6-2-3-7-19(18)21(20)23-14-15-5-4-12-22-13-15/h4-5,8-13,18-21,23H,2-3,6-7,14H2,1H3/t18-,19+,20+,21+/m1/s1. The second-order valence-electron chi connectivity index (χ2n) is 7.18. The van der Waals surface area contributed by atoms with Crippen molar-refractivity contribution in [1.82, 2.24) is 10.3 Å². The molecular formula is C21H26N2O. The quantitative estimate of drug-likeness (QED) is 0.898. The van der Waals surface area contributed by atoms with E-state index in [1.54, 1.807) is 7.11 Å². The molecule has 1 N–H and O–H groups in total. The van der Waals surface area contributed by atoms with Crippen LogP contribution >= 0.6 is 0 Å². The molecule has 1 aromatic carbocycles. The minimum absolute atomic E-state index is 0.587. The molecule has 4 rings (SSSR count). The number of fused-ring (bicyclic) bond motifs is 1. The number of hydrogen-bond donors (Lipinski definition) is 1. The molecule has 2 aliphatic carbocycles. The highest BCUT2D eigenvalue weighted by Gasteiger charge is 2.50. The molecule has 0 spiro atoms.